The molecule has 4 atom stereocenters. The standard InChI is InChI=1S/C26H30N2O7/c1-15(33-3)22(24(29)28-12-13-34-16(2)23(28)25(30)31)27-26(32)35-14-21-19-10-6-4-8-17(19)18-9-5-7-11-20(18)21/h4-11,15-16,21-23H,12-14H2,1-3H3,(H,27,32)(H,30,31). The summed E-state index contributed by atoms with van der Waals surface area (Å²) in [5.74, 6) is -1.86. The number of alkyl carbamates (subject to hydrolysis) is 1. The zero-order chi connectivity index (χ0) is 25.1. The van der Waals surface area contributed by atoms with Gasteiger partial charge in [0, 0.05) is 19.6 Å². The van der Waals surface area contributed by atoms with Gasteiger partial charge in [0.2, 0.25) is 5.91 Å². The number of carboxylic acid groups (broad SMARTS) is 1. The quantitative estimate of drug-likeness (QED) is 0.624. The average molecular weight is 483 g/mol. The summed E-state index contributed by atoms with van der Waals surface area (Å²) in [7, 11) is 1.42. The minimum absolute atomic E-state index is 0.0917. The Morgan fingerprint density at radius 3 is 2.29 bits per heavy atom. The Bertz CT molecular complexity index is 1060. The number of amides is 2. The molecule has 1 fully saturated rings. The van der Waals surface area contributed by atoms with Crippen LogP contribution in [-0.4, -0.2) is 79.1 Å². The van der Waals surface area contributed by atoms with Crippen LogP contribution >= 0.6 is 0 Å². The Labute approximate surface area is 204 Å². The molecular weight excluding hydrogens is 452 g/mol. The second kappa shape index (κ2) is 10.5. The molecule has 9 nitrogen and oxygen atoms in total. The van der Waals surface area contributed by atoms with Gasteiger partial charge in [-0.2, -0.15) is 0 Å². The maximum Gasteiger partial charge on any atom is 0.407 e. The average Bonchev–Trinajstić information content (AvgIpc) is 3.18. The number of aliphatic carboxylic acids is 1. The summed E-state index contributed by atoms with van der Waals surface area (Å²) < 4.78 is 16.3. The van der Waals surface area contributed by atoms with E-state index in [0.29, 0.717) is 0 Å². The number of benzene rings is 2. The molecule has 2 aromatic rings. The highest BCUT2D eigenvalue weighted by Gasteiger charge is 2.42. The Balaban J connectivity index is 1.47. The first-order chi connectivity index (χ1) is 16.8. The van der Waals surface area contributed by atoms with Gasteiger partial charge in [0.05, 0.1) is 18.8 Å². The molecule has 1 saturated heterocycles. The van der Waals surface area contributed by atoms with Crippen LogP contribution in [0.4, 0.5) is 4.79 Å². The molecule has 2 aromatic carbocycles. The first-order valence-electron chi connectivity index (χ1n) is 11.6. The van der Waals surface area contributed by atoms with E-state index in [-0.39, 0.29) is 25.7 Å². The minimum Gasteiger partial charge on any atom is -0.480 e. The third kappa shape index (κ3) is 4.87. The summed E-state index contributed by atoms with van der Waals surface area (Å²) in [5.41, 5.74) is 4.37. The van der Waals surface area contributed by atoms with Gasteiger partial charge in [0.15, 0.2) is 6.04 Å². The van der Waals surface area contributed by atoms with E-state index in [2.05, 4.69) is 5.32 Å². The molecule has 0 saturated carbocycles. The molecule has 0 spiro atoms. The zero-order valence-electron chi connectivity index (χ0n) is 20.0. The van der Waals surface area contributed by atoms with E-state index in [0.717, 1.165) is 22.3 Å². The van der Waals surface area contributed by atoms with Crippen LogP contribution in [0.25, 0.3) is 11.1 Å². The van der Waals surface area contributed by atoms with Crippen LogP contribution in [0.1, 0.15) is 30.9 Å². The van der Waals surface area contributed by atoms with E-state index in [4.69, 9.17) is 14.2 Å². The summed E-state index contributed by atoms with van der Waals surface area (Å²) in [6, 6.07) is 13.7. The van der Waals surface area contributed by atoms with Crippen LogP contribution in [0, 0.1) is 0 Å². The Kier molecular flexibility index (Phi) is 7.37. The number of nitrogens with one attached hydrogen (secondary N) is 1. The second-order valence-corrected chi connectivity index (χ2v) is 8.78. The normalized spacial score (nSPS) is 20.9. The number of morpholine rings is 1. The van der Waals surface area contributed by atoms with E-state index in [1.165, 1.54) is 12.0 Å². The number of hydrogen-bond acceptors (Lipinski definition) is 6. The molecule has 0 radical (unpaired) electrons. The van der Waals surface area contributed by atoms with Crippen LogP contribution < -0.4 is 5.32 Å². The number of ether oxygens (including phenoxy) is 3. The van der Waals surface area contributed by atoms with Crippen molar-refractivity contribution in [2.75, 3.05) is 26.9 Å². The molecular formula is C26H30N2O7. The predicted molar refractivity (Wildman–Crippen MR) is 127 cm³/mol. The van der Waals surface area contributed by atoms with E-state index in [9.17, 15) is 19.5 Å². The zero-order valence-corrected chi connectivity index (χ0v) is 20.0. The van der Waals surface area contributed by atoms with Crippen molar-refractivity contribution in [1.82, 2.24) is 10.2 Å². The first-order valence-corrected chi connectivity index (χ1v) is 11.6. The molecule has 2 amide bonds. The van der Waals surface area contributed by atoms with E-state index in [1.54, 1.807) is 13.8 Å². The van der Waals surface area contributed by atoms with Crippen molar-refractivity contribution in [1.29, 1.82) is 0 Å². The van der Waals surface area contributed by atoms with E-state index >= 15 is 0 Å². The Hall–Kier alpha value is -3.43. The molecule has 2 aliphatic rings. The molecule has 4 unspecified atom stereocenters. The third-order valence-corrected chi connectivity index (χ3v) is 6.75. The fraction of sp³-hybridized carbons (Fsp3) is 0.423. The van der Waals surface area contributed by atoms with E-state index < -0.39 is 42.3 Å². The minimum atomic E-state index is -1.17. The van der Waals surface area contributed by atoms with Gasteiger partial charge in [-0.25, -0.2) is 9.59 Å². The number of fused-ring (bicyclic) bond motifs is 3. The maximum atomic E-state index is 13.3. The Morgan fingerprint density at radius 2 is 1.71 bits per heavy atom. The molecule has 0 bridgehead atoms. The summed E-state index contributed by atoms with van der Waals surface area (Å²) >= 11 is 0. The molecule has 0 aromatic heterocycles. The smallest absolute Gasteiger partial charge is 0.407 e. The van der Waals surface area contributed by atoms with Crippen molar-refractivity contribution in [3.8, 4) is 11.1 Å². The van der Waals surface area contributed by atoms with Gasteiger partial charge < -0.3 is 29.5 Å². The summed E-state index contributed by atoms with van der Waals surface area (Å²) in [5, 5.41) is 12.2. The SMILES string of the molecule is COC(C)C(NC(=O)OCC1c2ccccc2-c2ccccc21)C(=O)N1CCOC(C)C1C(=O)O. The number of carbonyl (C=O) groups excluding carboxylic acids is 2. The van der Waals surface area contributed by atoms with Crippen molar-refractivity contribution < 1.29 is 33.7 Å². The first kappa shape index (κ1) is 24.7. The van der Waals surface area contributed by atoms with Gasteiger partial charge in [-0.1, -0.05) is 48.5 Å². The second-order valence-electron chi connectivity index (χ2n) is 8.78. The van der Waals surface area contributed by atoms with Gasteiger partial charge in [-0.15, -0.1) is 0 Å². The lowest BCUT2D eigenvalue weighted by molar-refractivity contribution is -0.167. The van der Waals surface area contributed by atoms with Gasteiger partial charge >= 0.3 is 12.1 Å². The van der Waals surface area contributed by atoms with Crippen molar-refractivity contribution >= 4 is 18.0 Å². The summed E-state index contributed by atoms with van der Waals surface area (Å²) in [4.78, 5) is 39.2. The summed E-state index contributed by atoms with van der Waals surface area (Å²) in [6.45, 7) is 3.63. The molecule has 1 aliphatic carbocycles. The van der Waals surface area contributed by atoms with Crippen LogP contribution in [-0.2, 0) is 23.8 Å². The third-order valence-electron chi connectivity index (χ3n) is 6.75. The molecule has 4 rings (SSSR count). The lowest BCUT2D eigenvalue weighted by Gasteiger charge is -2.39. The van der Waals surface area contributed by atoms with Gasteiger partial charge in [-0.3, -0.25) is 4.79 Å². The molecule has 1 aliphatic heterocycles. The van der Waals surface area contributed by atoms with Crippen LogP contribution in [0.2, 0.25) is 0 Å². The number of rotatable bonds is 7. The fourth-order valence-electron chi connectivity index (χ4n) is 4.86. The van der Waals surface area contributed by atoms with Crippen molar-refractivity contribution in [3.05, 3.63) is 59.7 Å². The monoisotopic (exact) mass is 482 g/mol. The van der Waals surface area contributed by atoms with Crippen molar-refractivity contribution in [2.45, 2.75) is 44.1 Å². The number of carboxylic acids is 1. The summed E-state index contributed by atoms with van der Waals surface area (Å²) in [6.07, 6.45) is -2.17. The number of carbonyl (C=O) groups is 3. The van der Waals surface area contributed by atoms with Crippen molar-refractivity contribution in [3.63, 3.8) is 0 Å². The van der Waals surface area contributed by atoms with Gasteiger partial charge in [0.1, 0.15) is 12.6 Å². The molecule has 35 heavy (non-hydrogen) atoms. The largest absolute Gasteiger partial charge is 0.480 e. The fourth-order valence-corrected chi connectivity index (χ4v) is 4.86. The lowest BCUT2D eigenvalue weighted by Crippen LogP contribution is -2.62. The van der Waals surface area contributed by atoms with Gasteiger partial charge in [-0.05, 0) is 36.1 Å². The maximum absolute atomic E-state index is 13.3. The van der Waals surface area contributed by atoms with Crippen LogP contribution in [0.5, 0.6) is 0 Å². The van der Waals surface area contributed by atoms with E-state index in [1.807, 2.05) is 48.5 Å². The van der Waals surface area contributed by atoms with Crippen LogP contribution in [0.15, 0.2) is 48.5 Å². The molecule has 9 heteroatoms. The highest BCUT2D eigenvalue weighted by molar-refractivity contribution is 5.90. The predicted octanol–water partition coefficient (Wildman–Crippen LogP) is 2.63. The lowest BCUT2D eigenvalue weighted by atomic mass is 9.98. The number of hydrogen-bond donors (Lipinski definition) is 2. The topological polar surface area (TPSA) is 114 Å². The molecule has 1 heterocycles. The molecule has 186 valence electrons. The highest BCUT2D eigenvalue weighted by Crippen LogP contribution is 2.44. The number of methoxy groups -OCH3 is 1. The van der Waals surface area contributed by atoms with Gasteiger partial charge in [0.25, 0.3) is 0 Å². The van der Waals surface area contributed by atoms with Crippen molar-refractivity contribution in [2.24, 2.45) is 0 Å². The van der Waals surface area contributed by atoms with Crippen LogP contribution in [0.3, 0.4) is 0 Å². The highest BCUT2D eigenvalue weighted by atomic mass is 16.5. The number of nitrogens with zero attached hydrogens (tertiary/aromatic N) is 1. The molecule has 2 N–H and O–H groups in total. The Morgan fingerprint density at radius 1 is 1.11 bits per heavy atom.